The first-order valence-corrected chi connectivity index (χ1v) is 4.16. The number of nitro groups is 1. The van der Waals surface area contributed by atoms with Gasteiger partial charge in [0.05, 0.1) is 18.6 Å². The number of rotatable bonds is 4. The van der Waals surface area contributed by atoms with Gasteiger partial charge in [-0.1, -0.05) is 6.07 Å². The van der Waals surface area contributed by atoms with Crippen LogP contribution >= 0.6 is 0 Å². The molecule has 0 aliphatic rings. The first kappa shape index (κ1) is 11.1. The minimum atomic E-state index is -0.651. The lowest BCUT2D eigenvalue weighted by atomic mass is 10.1. The van der Waals surface area contributed by atoms with Crippen LogP contribution in [0.15, 0.2) is 18.2 Å². The molecule has 1 aromatic rings. The third kappa shape index (κ3) is 2.10. The van der Waals surface area contributed by atoms with Crippen molar-refractivity contribution < 1.29 is 14.5 Å². The van der Waals surface area contributed by atoms with Gasteiger partial charge in [0, 0.05) is 0 Å². The molecule has 0 heterocycles. The maximum absolute atomic E-state index is 11.3. The summed E-state index contributed by atoms with van der Waals surface area (Å²) >= 11 is 0. The molecule has 0 radical (unpaired) electrons. The highest BCUT2D eigenvalue weighted by Crippen LogP contribution is 2.30. The second-order valence-electron chi connectivity index (χ2n) is 2.74. The first-order chi connectivity index (χ1) is 7.11. The van der Waals surface area contributed by atoms with Crippen LogP contribution in [0, 0.1) is 10.1 Å². The zero-order chi connectivity index (χ0) is 11.4. The highest BCUT2D eigenvalue weighted by atomic mass is 16.6. The summed E-state index contributed by atoms with van der Waals surface area (Å²) in [6, 6.07) is 4.29. The first-order valence-electron chi connectivity index (χ1n) is 4.16. The second-order valence-corrected chi connectivity index (χ2v) is 2.74. The molecule has 0 fully saturated rings. The number of Topliss-reactive ketones (excluding diaryl/α,β-unsaturated/α-hetero) is 1. The summed E-state index contributed by atoms with van der Waals surface area (Å²) < 4.78 is 4.81. The third-order valence-electron chi connectivity index (χ3n) is 1.89. The molecule has 0 unspecified atom stereocenters. The summed E-state index contributed by atoms with van der Waals surface area (Å²) in [6.07, 6.45) is 0. The maximum atomic E-state index is 11.3. The fourth-order valence-electron chi connectivity index (χ4n) is 1.21. The van der Waals surface area contributed by atoms with E-state index in [1.165, 1.54) is 25.3 Å². The second kappa shape index (κ2) is 4.52. The van der Waals surface area contributed by atoms with Gasteiger partial charge in [0.25, 0.3) is 0 Å². The summed E-state index contributed by atoms with van der Waals surface area (Å²) in [4.78, 5) is 21.4. The number of carbonyl (C=O) groups is 1. The minimum Gasteiger partial charge on any atom is -0.490 e. The summed E-state index contributed by atoms with van der Waals surface area (Å²) in [7, 11) is 1.30. The van der Waals surface area contributed by atoms with Gasteiger partial charge < -0.3 is 10.5 Å². The standard InChI is InChI=1S/C9H10N2O4/c1-15-8-4-2-3-6(7(12)5-10)9(8)11(13)14/h2-4H,5,10H2,1H3. The van der Waals surface area contributed by atoms with E-state index < -0.39 is 10.7 Å². The van der Waals surface area contributed by atoms with E-state index in [-0.39, 0.29) is 23.5 Å². The molecule has 15 heavy (non-hydrogen) atoms. The van der Waals surface area contributed by atoms with E-state index in [9.17, 15) is 14.9 Å². The van der Waals surface area contributed by atoms with Gasteiger partial charge in [0.1, 0.15) is 5.56 Å². The van der Waals surface area contributed by atoms with Gasteiger partial charge in [-0.15, -0.1) is 0 Å². The van der Waals surface area contributed by atoms with Crippen molar-refractivity contribution in [3.05, 3.63) is 33.9 Å². The zero-order valence-electron chi connectivity index (χ0n) is 8.10. The molecule has 2 N–H and O–H groups in total. The molecule has 1 rings (SSSR count). The predicted octanol–water partition coefficient (Wildman–Crippen LogP) is 0.745. The monoisotopic (exact) mass is 210 g/mol. The molecule has 6 heteroatoms. The molecule has 0 saturated heterocycles. The van der Waals surface area contributed by atoms with Crippen LogP contribution in [-0.2, 0) is 0 Å². The van der Waals surface area contributed by atoms with Crippen molar-refractivity contribution in [3.8, 4) is 5.75 Å². The number of hydrogen-bond acceptors (Lipinski definition) is 5. The van der Waals surface area contributed by atoms with E-state index in [4.69, 9.17) is 10.5 Å². The number of ether oxygens (including phenoxy) is 1. The lowest BCUT2D eigenvalue weighted by molar-refractivity contribution is -0.386. The number of nitrogens with two attached hydrogens (primary N) is 1. The van der Waals surface area contributed by atoms with E-state index in [0.29, 0.717) is 0 Å². The van der Waals surface area contributed by atoms with E-state index in [1.54, 1.807) is 0 Å². The van der Waals surface area contributed by atoms with Crippen LogP contribution in [0.2, 0.25) is 0 Å². The van der Waals surface area contributed by atoms with E-state index in [0.717, 1.165) is 0 Å². The SMILES string of the molecule is COc1cccc(C(=O)CN)c1[N+](=O)[O-]. The Bertz CT molecular complexity index is 403. The van der Waals surface area contributed by atoms with Crippen LogP contribution in [0.1, 0.15) is 10.4 Å². The Morgan fingerprint density at radius 3 is 2.73 bits per heavy atom. The van der Waals surface area contributed by atoms with Crippen LogP contribution in [-0.4, -0.2) is 24.4 Å². The number of carbonyl (C=O) groups excluding carboxylic acids is 1. The Kier molecular flexibility index (Phi) is 3.35. The zero-order valence-corrected chi connectivity index (χ0v) is 8.10. The van der Waals surface area contributed by atoms with Gasteiger partial charge in [-0.2, -0.15) is 0 Å². The molecule has 0 atom stereocenters. The summed E-state index contributed by atoms with van der Waals surface area (Å²) in [5.74, 6) is -0.431. The molecule has 0 aliphatic heterocycles. The largest absolute Gasteiger partial charge is 0.490 e. The highest BCUT2D eigenvalue weighted by molar-refractivity contribution is 6.02. The van der Waals surface area contributed by atoms with Crippen LogP contribution in [0.25, 0.3) is 0 Å². The molecule has 0 spiro atoms. The average molecular weight is 210 g/mol. The van der Waals surface area contributed by atoms with Crippen molar-refractivity contribution in [1.29, 1.82) is 0 Å². The maximum Gasteiger partial charge on any atom is 0.321 e. The highest BCUT2D eigenvalue weighted by Gasteiger charge is 2.23. The minimum absolute atomic E-state index is 0.0261. The summed E-state index contributed by atoms with van der Waals surface area (Å²) in [5.41, 5.74) is 4.79. The normalized spacial score (nSPS) is 9.73. The van der Waals surface area contributed by atoms with E-state index >= 15 is 0 Å². The number of nitro benzene ring substituents is 1. The van der Waals surface area contributed by atoms with Gasteiger partial charge in [0.15, 0.2) is 11.5 Å². The smallest absolute Gasteiger partial charge is 0.321 e. The predicted molar refractivity (Wildman–Crippen MR) is 53.0 cm³/mol. The van der Waals surface area contributed by atoms with Crippen LogP contribution in [0.5, 0.6) is 5.75 Å². The van der Waals surface area contributed by atoms with Gasteiger partial charge >= 0.3 is 5.69 Å². The quantitative estimate of drug-likeness (QED) is 0.449. The van der Waals surface area contributed by atoms with Crippen molar-refractivity contribution in [2.75, 3.05) is 13.7 Å². The number of nitrogens with zero attached hydrogens (tertiary/aromatic N) is 1. The summed E-state index contributed by atoms with van der Waals surface area (Å²) in [5, 5.41) is 10.8. The molecule has 1 aromatic carbocycles. The Hall–Kier alpha value is -1.95. The molecule has 0 saturated carbocycles. The molecule has 6 nitrogen and oxygen atoms in total. The fourth-order valence-corrected chi connectivity index (χ4v) is 1.21. The average Bonchev–Trinajstić information content (AvgIpc) is 2.26. The number of benzene rings is 1. The molecule has 80 valence electrons. The van der Waals surface area contributed by atoms with E-state index in [1.807, 2.05) is 0 Å². The topological polar surface area (TPSA) is 95.5 Å². The van der Waals surface area contributed by atoms with Crippen LogP contribution in [0.4, 0.5) is 5.69 Å². The van der Waals surface area contributed by atoms with Crippen molar-refractivity contribution >= 4 is 11.5 Å². The number of ketones is 1. The molecule has 0 amide bonds. The van der Waals surface area contributed by atoms with Crippen molar-refractivity contribution in [3.63, 3.8) is 0 Å². The van der Waals surface area contributed by atoms with Gasteiger partial charge in [0.2, 0.25) is 0 Å². The van der Waals surface area contributed by atoms with Gasteiger partial charge in [-0.05, 0) is 12.1 Å². The number of hydrogen-bond donors (Lipinski definition) is 1. The lowest BCUT2D eigenvalue weighted by Crippen LogP contribution is -2.15. The molecule has 0 aromatic heterocycles. The summed E-state index contributed by atoms with van der Waals surface area (Å²) in [6.45, 7) is -0.270. The Morgan fingerprint density at radius 2 is 2.27 bits per heavy atom. The number of methoxy groups -OCH3 is 1. The van der Waals surface area contributed by atoms with Gasteiger partial charge in [-0.25, -0.2) is 0 Å². The molecular weight excluding hydrogens is 200 g/mol. The molecule has 0 bridgehead atoms. The van der Waals surface area contributed by atoms with Gasteiger partial charge in [-0.3, -0.25) is 14.9 Å². The van der Waals surface area contributed by atoms with Crippen LogP contribution < -0.4 is 10.5 Å². The van der Waals surface area contributed by atoms with E-state index in [2.05, 4.69) is 0 Å². The molecular formula is C9H10N2O4. The fraction of sp³-hybridized carbons (Fsp3) is 0.222. The van der Waals surface area contributed by atoms with Crippen molar-refractivity contribution in [1.82, 2.24) is 0 Å². The number of para-hydroxylation sites is 1. The lowest BCUT2D eigenvalue weighted by Gasteiger charge is -2.04. The van der Waals surface area contributed by atoms with Crippen LogP contribution in [0.3, 0.4) is 0 Å². The molecule has 0 aliphatic carbocycles. The third-order valence-corrected chi connectivity index (χ3v) is 1.89. The van der Waals surface area contributed by atoms with Crippen molar-refractivity contribution in [2.24, 2.45) is 5.73 Å². The van der Waals surface area contributed by atoms with Crippen molar-refractivity contribution in [2.45, 2.75) is 0 Å². The Balaban J connectivity index is 3.38. The Morgan fingerprint density at radius 1 is 1.60 bits per heavy atom. The Labute approximate surface area is 85.8 Å².